The first-order valence-electron chi connectivity index (χ1n) is 5.92. The number of para-hydroxylation sites is 1. The average molecular weight is 254 g/mol. The van der Waals surface area contributed by atoms with Gasteiger partial charge in [-0.05, 0) is 32.0 Å². The van der Waals surface area contributed by atoms with Gasteiger partial charge in [-0.2, -0.15) is 0 Å². The van der Waals surface area contributed by atoms with Crippen LogP contribution in [0.3, 0.4) is 0 Å². The van der Waals surface area contributed by atoms with Crippen molar-refractivity contribution < 1.29 is 4.92 Å². The standard InChI is InChI=1S/C15H14N2O2/c1-11-6-8-14(9-7-11)16-10-13-5-3-4-12(2)15(13)17(18)19/h3-10H,1-2H3. The molecule has 96 valence electrons. The minimum atomic E-state index is -0.369. The van der Waals surface area contributed by atoms with Crippen molar-refractivity contribution in [3.63, 3.8) is 0 Å². The van der Waals surface area contributed by atoms with Crippen LogP contribution in [0.15, 0.2) is 47.5 Å². The number of hydrogen-bond donors (Lipinski definition) is 0. The van der Waals surface area contributed by atoms with Crippen molar-refractivity contribution in [3.8, 4) is 0 Å². The zero-order valence-corrected chi connectivity index (χ0v) is 10.8. The Kier molecular flexibility index (Phi) is 3.71. The molecule has 2 aromatic rings. The molecular weight excluding hydrogens is 240 g/mol. The Morgan fingerprint density at radius 3 is 2.42 bits per heavy atom. The van der Waals surface area contributed by atoms with Gasteiger partial charge in [0.1, 0.15) is 0 Å². The van der Waals surface area contributed by atoms with E-state index in [1.54, 1.807) is 25.1 Å². The van der Waals surface area contributed by atoms with Gasteiger partial charge in [0, 0.05) is 11.8 Å². The van der Waals surface area contributed by atoms with Crippen LogP contribution in [0.2, 0.25) is 0 Å². The molecule has 0 bridgehead atoms. The van der Waals surface area contributed by atoms with Crippen LogP contribution >= 0.6 is 0 Å². The predicted octanol–water partition coefficient (Wildman–Crippen LogP) is 3.96. The molecule has 0 fully saturated rings. The fourth-order valence-electron chi connectivity index (χ4n) is 1.81. The van der Waals surface area contributed by atoms with Crippen molar-refractivity contribution in [1.82, 2.24) is 0 Å². The van der Waals surface area contributed by atoms with Gasteiger partial charge < -0.3 is 0 Å². The number of aliphatic imine (C=N–C) groups is 1. The topological polar surface area (TPSA) is 55.5 Å². The number of rotatable bonds is 3. The van der Waals surface area contributed by atoms with Crippen molar-refractivity contribution in [2.75, 3.05) is 0 Å². The second-order valence-corrected chi connectivity index (χ2v) is 4.36. The SMILES string of the molecule is Cc1ccc(N=Cc2cccc(C)c2[N+](=O)[O-])cc1. The molecule has 0 aliphatic carbocycles. The van der Waals surface area contributed by atoms with E-state index in [1.165, 1.54) is 6.21 Å². The third-order valence-corrected chi connectivity index (χ3v) is 2.84. The van der Waals surface area contributed by atoms with E-state index in [1.807, 2.05) is 31.2 Å². The molecule has 2 aromatic carbocycles. The van der Waals surface area contributed by atoms with Gasteiger partial charge in [0.05, 0.1) is 16.2 Å². The molecule has 4 nitrogen and oxygen atoms in total. The molecule has 0 N–H and O–H groups in total. The number of benzene rings is 2. The number of hydrogen-bond acceptors (Lipinski definition) is 3. The highest BCUT2D eigenvalue weighted by Gasteiger charge is 2.14. The molecule has 0 aliphatic rings. The molecule has 0 saturated heterocycles. The first-order chi connectivity index (χ1) is 9.08. The fourth-order valence-corrected chi connectivity index (χ4v) is 1.81. The molecule has 0 atom stereocenters. The third kappa shape index (κ3) is 3.04. The molecule has 2 rings (SSSR count). The quantitative estimate of drug-likeness (QED) is 0.473. The maximum atomic E-state index is 11.0. The van der Waals surface area contributed by atoms with E-state index >= 15 is 0 Å². The third-order valence-electron chi connectivity index (χ3n) is 2.84. The Hall–Kier alpha value is -2.49. The first kappa shape index (κ1) is 13.0. The summed E-state index contributed by atoms with van der Waals surface area (Å²) >= 11 is 0. The van der Waals surface area contributed by atoms with Crippen LogP contribution in [-0.4, -0.2) is 11.1 Å². The molecular formula is C15H14N2O2. The van der Waals surface area contributed by atoms with E-state index in [-0.39, 0.29) is 10.6 Å². The Labute approximate surface area is 111 Å². The number of nitrogens with zero attached hydrogens (tertiary/aromatic N) is 2. The minimum absolute atomic E-state index is 0.110. The van der Waals surface area contributed by atoms with Gasteiger partial charge in [-0.1, -0.05) is 29.8 Å². The van der Waals surface area contributed by atoms with E-state index in [4.69, 9.17) is 0 Å². The highest BCUT2D eigenvalue weighted by Crippen LogP contribution is 2.22. The minimum Gasteiger partial charge on any atom is -0.258 e. The first-order valence-corrected chi connectivity index (χ1v) is 5.92. The lowest BCUT2D eigenvalue weighted by Crippen LogP contribution is -1.97. The van der Waals surface area contributed by atoms with Gasteiger partial charge in [0.15, 0.2) is 0 Å². The molecule has 0 aliphatic heterocycles. The zero-order chi connectivity index (χ0) is 13.8. The van der Waals surface area contributed by atoms with Gasteiger partial charge >= 0.3 is 0 Å². The Morgan fingerprint density at radius 1 is 1.11 bits per heavy atom. The Bertz CT molecular complexity index is 631. The molecule has 0 saturated carbocycles. The van der Waals surface area contributed by atoms with Crippen molar-refractivity contribution in [2.24, 2.45) is 4.99 Å². The Morgan fingerprint density at radius 2 is 1.79 bits per heavy atom. The van der Waals surface area contributed by atoms with Gasteiger partial charge in [-0.25, -0.2) is 0 Å². The smallest absolute Gasteiger partial charge is 0.258 e. The molecule has 0 heterocycles. The average Bonchev–Trinajstić information content (AvgIpc) is 2.37. The second-order valence-electron chi connectivity index (χ2n) is 4.36. The van der Waals surface area contributed by atoms with Gasteiger partial charge in [0.25, 0.3) is 5.69 Å². The summed E-state index contributed by atoms with van der Waals surface area (Å²) in [6.07, 6.45) is 1.54. The van der Waals surface area contributed by atoms with Crippen LogP contribution in [0.1, 0.15) is 16.7 Å². The summed E-state index contributed by atoms with van der Waals surface area (Å²) in [5, 5.41) is 11.0. The zero-order valence-electron chi connectivity index (χ0n) is 10.8. The highest BCUT2D eigenvalue weighted by molar-refractivity contribution is 5.87. The second kappa shape index (κ2) is 5.44. The summed E-state index contributed by atoms with van der Waals surface area (Å²) in [4.78, 5) is 14.9. The maximum absolute atomic E-state index is 11.0. The summed E-state index contributed by atoms with van der Waals surface area (Å²) in [5.74, 6) is 0. The van der Waals surface area contributed by atoms with E-state index in [0.29, 0.717) is 11.1 Å². The highest BCUT2D eigenvalue weighted by atomic mass is 16.6. The molecule has 0 spiro atoms. The van der Waals surface area contributed by atoms with Crippen molar-refractivity contribution >= 4 is 17.6 Å². The summed E-state index contributed by atoms with van der Waals surface area (Å²) in [5.41, 5.74) is 3.20. The fraction of sp³-hybridized carbons (Fsp3) is 0.133. The van der Waals surface area contributed by atoms with Crippen LogP contribution in [0.5, 0.6) is 0 Å². The van der Waals surface area contributed by atoms with Gasteiger partial charge in [-0.3, -0.25) is 15.1 Å². The molecule has 4 heteroatoms. The largest absolute Gasteiger partial charge is 0.281 e. The van der Waals surface area contributed by atoms with Crippen LogP contribution < -0.4 is 0 Å². The van der Waals surface area contributed by atoms with Crippen molar-refractivity contribution in [1.29, 1.82) is 0 Å². The Balaban J connectivity index is 2.36. The van der Waals surface area contributed by atoms with Crippen LogP contribution in [0, 0.1) is 24.0 Å². The predicted molar refractivity (Wildman–Crippen MR) is 76.3 cm³/mol. The van der Waals surface area contributed by atoms with Crippen LogP contribution in [0.25, 0.3) is 0 Å². The number of aryl methyl sites for hydroxylation is 2. The summed E-state index contributed by atoms with van der Waals surface area (Å²) < 4.78 is 0. The summed E-state index contributed by atoms with van der Waals surface area (Å²) in [7, 11) is 0. The van der Waals surface area contributed by atoms with Crippen molar-refractivity contribution in [2.45, 2.75) is 13.8 Å². The molecule has 0 aromatic heterocycles. The number of nitro benzene ring substituents is 1. The van der Waals surface area contributed by atoms with Crippen molar-refractivity contribution in [3.05, 3.63) is 69.3 Å². The normalized spacial score (nSPS) is 10.8. The monoisotopic (exact) mass is 254 g/mol. The molecule has 0 unspecified atom stereocenters. The lowest BCUT2D eigenvalue weighted by molar-refractivity contribution is -0.385. The molecule has 19 heavy (non-hydrogen) atoms. The van der Waals surface area contributed by atoms with Gasteiger partial charge in [0.2, 0.25) is 0 Å². The van der Waals surface area contributed by atoms with E-state index in [2.05, 4.69) is 4.99 Å². The van der Waals surface area contributed by atoms with E-state index in [0.717, 1.165) is 11.3 Å². The van der Waals surface area contributed by atoms with E-state index < -0.39 is 0 Å². The maximum Gasteiger partial charge on any atom is 0.281 e. The lowest BCUT2D eigenvalue weighted by atomic mass is 10.1. The van der Waals surface area contributed by atoms with Gasteiger partial charge in [-0.15, -0.1) is 0 Å². The summed E-state index contributed by atoms with van der Waals surface area (Å²) in [6, 6.07) is 12.9. The lowest BCUT2D eigenvalue weighted by Gasteiger charge is -2.00. The van der Waals surface area contributed by atoms with E-state index in [9.17, 15) is 10.1 Å². The summed E-state index contributed by atoms with van der Waals surface area (Å²) in [6.45, 7) is 3.72. The van der Waals surface area contributed by atoms with Crippen LogP contribution in [-0.2, 0) is 0 Å². The molecule has 0 amide bonds. The van der Waals surface area contributed by atoms with Crippen LogP contribution in [0.4, 0.5) is 11.4 Å². The molecule has 0 radical (unpaired) electrons. The number of nitro groups is 1.